The van der Waals surface area contributed by atoms with Crippen molar-refractivity contribution in [3.05, 3.63) is 65.5 Å². The normalized spacial score (nSPS) is 22.4. The van der Waals surface area contributed by atoms with Gasteiger partial charge in [-0.05, 0) is 70.4 Å². The van der Waals surface area contributed by atoms with E-state index in [9.17, 15) is 5.26 Å². The van der Waals surface area contributed by atoms with E-state index in [2.05, 4.69) is 95.4 Å². The number of allylic oxidation sites excluding steroid dienone is 1. The topological polar surface area (TPSA) is 71.8 Å². The van der Waals surface area contributed by atoms with E-state index in [1.165, 1.54) is 46.8 Å². The second-order valence-corrected chi connectivity index (χ2v) is 12.6. The van der Waals surface area contributed by atoms with Crippen molar-refractivity contribution < 1.29 is 4.74 Å². The summed E-state index contributed by atoms with van der Waals surface area (Å²) in [6.07, 6.45) is 9.17. The predicted molar refractivity (Wildman–Crippen MR) is 174 cm³/mol. The van der Waals surface area contributed by atoms with Crippen LogP contribution in [0.4, 0.5) is 11.5 Å². The minimum absolute atomic E-state index is 0.128. The fourth-order valence-electron chi connectivity index (χ4n) is 7.50. The number of nitriles is 1. The summed E-state index contributed by atoms with van der Waals surface area (Å²) in [4.78, 5) is 19.7. The van der Waals surface area contributed by atoms with Crippen molar-refractivity contribution in [2.45, 2.75) is 64.6 Å². The van der Waals surface area contributed by atoms with Crippen LogP contribution in [0.15, 0.2) is 48.7 Å². The quantitative estimate of drug-likeness (QED) is 0.344. The van der Waals surface area contributed by atoms with Crippen LogP contribution in [0.25, 0.3) is 10.8 Å². The van der Waals surface area contributed by atoms with Gasteiger partial charge in [-0.2, -0.15) is 15.2 Å². The Morgan fingerprint density at radius 2 is 1.91 bits per heavy atom. The molecule has 3 unspecified atom stereocenters. The second kappa shape index (κ2) is 12.8. The zero-order chi connectivity index (χ0) is 29.9. The number of hydrogen-bond acceptors (Lipinski definition) is 8. The van der Waals surface area contributed by atoms with Crippen LogP contribution in [0, 0.1) is 24.2 Å². The molecule has 6 rings (SSSR count). The van der Waals surface area contributed by atoms with Gasteiger partial charge < -0.3 is 24.3 Å². The largest absolute Gasteiger partial charge is 0.463 e. The number of benzene rings is 2. The third kappa shape index (κ3) is 6.01. The highest BCUT2D eigenvalue weighted by atomic mass is 16.5. The Morgan fingerprint density at radius 3 is 2.70 bits per heavy atom. The van der Waals surface area contributed by atoms with Crippen LogP contribution < -0.4 is 14.5 Å². The van der Waals surface area contributed by atoms with Gasteiger partial charge in [0.25, 0.3) is 0 Å². The van der Waals surface area contributed by atoms with Gasteiger partial charge in [0.15, 0.2) is 0 Å². The molecule has 226 valence electrons. The summed E-state index contributed by atoms with van der Waals surface area (Å²) in [7, 11) is 4.34. The van der Waals surface area contributed by atoms with Gasteiger partial charge in [0.1, 0.15) is 5.82 Å². The maximum Gasteiger partial charge on any atom is 0.318 e. The maximum absolute atomic E-state index is 9.59. The lowest BCUT2D eigenvalue weighted by molar-refractivity contribution is 0.161. The van der Waals surface area contributed by atoms with Crippen LogP contribution in [0.5, 0.6) is 6.01 Å². The molecule has 8 heteroatoms. The number of rotatable bonds is 8. The molecule has 1 saturated heterocycles. The monoisotopic (exact) mass is 579 g/mol. The highest BCUT2D eigenvalue weighted by Gasteiger charge is 2.33. The van der Waals surface area contributed by atoms with E-state index >= 15 is 0 Å². The molecule has 0 bridgehead atoms. The lowest BCUT2D eigenvalue weighted by Crippen LogP contribution is -2.51. The molecule has 8 nitrogen and oxygen atoms in total. The fourth-order valence-corrected chi connectivity index (χ4v) is 7.50. The first-order valence-corrected chi connectivity index (χ1v) is 15.9. The van der Waals surface area contributed by atoms with E-state index in [0.29, 0.717) is 31.0 Å². The van der Waals surface area contributed by atoms with Crippen molar-refractivity contribution in [2.75, 3.05) is 56.7 Å². The molecule has 3 aliphatic rings. The molecular weight excluding hydrogens is 534 g/mol. The van der Waals surface area contributed by atoms with E-state index in [1.54, 1.807) is 0 Å². The Hall–Kier alpha value is -3.83. The molecule has 2 fully saturated rings. The Bertz CT molecular complexity index is 1510. The van der Waals surface area contributed by atoms with Crippen molar-refractivity contribution in [1.29, 1.82) is 5.26 Å². The Balaban J connectivity index is 1.33. The van der Waals surface area contributed by atoms with Crippen molar-refractivity contribution in [1.82, 2.24) is 19.8 Å². The summed E-state index contributed by atoms with van der Waals surface area (Å²) in [6.45, 7) is 8.98. The number of aromatic nitrogens is 2. The SMILES string of the molecule is CC=CN1CCN(c2nc(OCC3CCCC3N(C)C)nc3c2CCN(c2cccc4cccc(C)c24)C3)CC1CC#N. The van der Waals surface area contributed by atoms with E-state index in [0.717, 1.165) is 50.7 Å². The van der Waals surface area contributed by atoms with Crippen LogP contribution in [-0.4, -0.2) is 78.7 Å². The summed E-state index contributed by atoms with van der Waals surface area (Å²) in [5.41, 5.74) is 4.83. The first kappa shape index (κ1) is 29.3. The molecule has 2 aromatic carbocycles. The second-order valence-electron chi connectivity index (χ2n) is 12.6. The summed E-state index contributed by atoms with van der Waals surface area (Å²) in [6, 6.07) is 16.7. The molecule has 3 heterocycles. The highest BCUT2D eigenvalue weighted by molar-refractivity contribution is 5.97. The first-order chi connectivity index (χ1) is 21.0. The highest BCUT2D eigenvalue weighted by Crippen LogP contribution is 2.36. The number of fused-ring (bicyclic) bond motifs is 2. The predicted octanol–water partition coefficient (Wildman–Crippen LogP) is 5.55. The molecule has 0 amide bonds. The molecule has 43 heavy (non-hydrogen) atoms. The number of nitrogens with zero attached hydrogens (tertiary/aromatic N) is 7. The average Bonchev–Trinajstić information content (AvgIpc) is 3.50. The molecule has 0 spiro atoms. The summed E-state index contributed by atoms with van der Waals surface area (Å²) < 4.78 is 6.46. The Labute approximate surface area is 256 Å². The minimum atomic E-state index is 0.128. The molecule has 3 atom stereocenters. The van der Waals surface area contributed by atoms with E-state index in [-0.39, 0.29) is 6.04 Å². The van der Waals surface area contributed by atoms with Crippen molar-refractivity contribution >= 4 is 22.3 Å². The van der Waals surface area contributed by atoms with Crippen molar-refractivity contribution in [2.24, 2.45) is 5.92 Å². The molecule has 0 N–H and O–H groups in total. The number of aryl methyl sites for hydroxylation is 1. The smallest absolute Gasteiger partial charge is 0.318 e. The number of hydrogen-bond donors (Lipinski definition) is 0. The van der Waals surface area contributed by atoms with Gasteiger partial charge in [-0.25, -0.2) is 0 Å². The van der Waals surface area contributed by atoms with E-state index < -0.39 is 0 Å². The molecule has 0 radical (unpaired) electrons. The zero-order valence-electron chi connectivity index (χ0n) is 26.2. The van der Waals surface area contributed by atoms with Gasteiger partial charge in [0.2, 0.25) is 0 Å². The number of piperazine rings is 1. The molecule has 1 aliphatic carbocycles. The summed E-state index contributed by atoms with van der Waals surface area (Å²) in [5.74, 6) is 1.48. The molecule has 2 aliphatic heterocycles. The van der Waals surface area contributed by atoms with Crippen LogP contribution in [0.1, 0.15) is 49.4 Å². The average molecular weight is 580 g/mol. The van der Waals surface area contributed by atoms with Crippen LogP contribution in [-0.2, 0) is 13.0 Å². The van der Waals surface area contributed by atoms with Gasteiger partial charge in [0.05, 0.1) is 37.4 Å². The molecular formula is C35H45N7O. The van der Waals surface area contributed by atoms with Gasteiger partial charge in [-0.1, -0.05) is 42.8 Å². The third-order valence-electron chi connectivity index (χ3n) is 9.66. The number of anilines is 2. The first-order valence-electron chi connectivity index (χ1n) is 15.9. The molecule has 1 saturated carbocycles. The standard InChI is InChI=1S/C35H45N7O/c1-5-18-40-20-21-42(22-28(40)15-17-36)34-29-16-19-41(32-14-7-11-26-10-6-9-25(2)33(26)32)23-30(29)37-35(38-34)43-24-27-12-8-13-31(27)39(3)4/h5-7,9-11,14,18,27-28,31H,8,12-13,15-16,19-24H2,1-4H3. The van der Waals surface area contributed by atoms with Gasteiger partial charge >= 0.3 is 6.01 Å². The van der Waals surface area contributed by atoms with Gasteiger partial charge in [-0.15, -0.1) is 0 Å². The van der Waals surface area contributed by atoms with E-state index in [1.807, 2.05) is 6.92 Å². The van der Waals surface area contributed by atoms with Crippen molar-refractivity contribution in [3.8, 4) is 12.1 Å². The minimum Gasteiger partial charge on any atom is -0.463 e. The zero-order valence-corrected chi connectivity index (χ0v) is 26.2. The Morgan fingerprint density at radius 1 is 1.07 bits per heavy atom. The van der Waals surface area contributed by atoms with E-state index in [4.69, 9.17) is 14.7 Å². The number of ether oxygens (including phenoxy) is 1. The maximum atomic E-state index is 9.59. The fraction of sp³-hybridized carbons (Fsp3) is 0.514. The molecule has 3 aromatic rings. The lowest BCUT2D eigenvalue weighted by Gasteiger charge is -2.42. The van der Waals surface area contributed by atoms with Crippen LogP contribution >= 0.6 is 0 Å². The summed E-state index contributed by atoms with van der Waals surface area (Å²) >= 11 is 0. The van der Waals surface area contributed by atoms with Gasteiger partial charge in [0, 0.05) is 54.8 Å². The van der Waals surface area contributed by atoms with Crippen LogP contribution in [0.2, 0.25) is 0 Å². The van der Waals surface area contributed by atoms with Crippen molar-refractivity contribution in [3.63, 3.8) is 0 Å². The third-order valence-corrected chi connectivity index (χ3v) is 9.66. The Kier molecular flexibility index (Phi) is 8.71. The summed E-state index contributed by atoms with van der Waals surface area (Å²) in [5, 5.41) is 12.2. The lowest BCUT2D eigenvalue weighted by atomic mass is 9.99. The molecule has 1 aromatic heterocycles. The van der Waals surface area contributed by atoms with Gasteiger partial charge in [-0.3, -0.25) is 0 Å². The van der Waals surface area contributed by atoms with Crippen LogP contribution in [0.3, 0.4) is 0 Å².